The number of aryl methyl sites for hydroxylation is 3. The Balaban J connectivity index is 0.000000198. The summed E-state index contributed by atoms with van der Waals surface area (Å²) in [6.07, 6.45) is 4.91. The van der Waals surface area contributed by atoms with Gasteiger partial charge in [0.2, 0.25) is 0 Å². The van der Waals surface area contributed by atoms with Crippen molar-refractivity contribution in [3.63, 3.8) is 0 Å². The zero-order chi connectivity index (χ0) is 36.5. The molecule has 3 aromatic carbocycles. The van der Waals surface area contributed by atoms with Crippen molar-refractivity contribution in [1.29, 1.82) is 0 Å². The number of hydrogen-bond acceptors (Lipinski definition) is 5. The molecule has 0 fully saturated rings. The molecule has 0 saturated carbocycles. The average molecular weight is 721 g/mol. The summed E-state index contributed by atoms with van der Waals surface area (Å²) in [5, 5.41) is 6.80. The van der Waals surface area contributed by atoms with Crippen LogP contribution in [-0.2, 0) is 13.1 Å². The number of hydrogen-bond donors (Lipinski definition) is 2. The van der Waals surface area contributed by atoms with Crippen LogP contribution in [0.1, 0.15) is 48.5 Å². The molecule has 6 aromatic rings. The lowest BCUT2D eigenvalue weighted by molar-refractivity contribution is 0.0941. The summed E-state index contributed by atoms with van der Waals surface area (Å²) >= 11 is 11.7. The monoisotopic (exact) mass is 719 g/mol. The molecule has 11 heteroatoms. The smallest absolute Gasteiger partial charge is 0.269 e. The summed E-state index contributed by atoms with van der Waals surface area (Å²) in [7, 11) is 0. The van der Waals surface area contributed by atoms with Gasteiger partial charge in [0.05, 0.1) is 5.69 Å². The van der Waals surface area contributed by atoms with Crippen LogP contribution in [0, 0.1) is 20.8 Å². The number of nitrogens with zero attached hydrogens (tertiary/aromatic N) is 3. The number of benzene rings is 3. The number of aromatic nitrogens is 3. The van der Waals surface area contributed by atoms with E-state index in [1.54, 1.807) is 67.1 Å². The summed E-state index contributed by atoms with van der Waals surface area (Å²) < 4.78 is 2.88. The lowest BCUT2D eigenvalue weighted by Crippen LogP contribution is -2.32. The first-order valence-electron chi connectivity index (χ1n) is 16.0. The summed E-state index contributed by atoms with van der Waals surface area (Å²) in [6, 6.07) is 30.3. The molecular formula is C40H35Cl2N5O4. The Kier molecular flexibility index (Phi) is 12.0. The zero-order valence-electron chi connectivity index (χ0n) is 28.2. The molecule has 6 rings (SSSR count). The average Bonchev–Trinajstić information content (AvgIpc) is 3.12. The highest BCUT2D eigenvalue weighted by Crippen LogP contribution is 2.15. The molecule has 0 atom stereocenters. The standard InChI is InChI=1S/C21H19ClN2O2.C19H16ClN3O2/c1-14-5-6-15(2)19(12-14)24-11-3-4-18(21(24)26)20(25)23-13-16-7-9-17(22)10-8-16;1-13-8-9-21-17(11-13)23-10-2-3-16(19(23)25)18(24)22-12-14-4-6-15(20)7-5-14/h3-12H,13H2,1-2H3,(H,23,25);2-11H,12H2,1H3,(H,22,24). The third kappa shape index (κ3) is 9.48. The molecule has 0 aliphatic heterocycles. The van der Waals surface area contributed by atoms with E-state index in [4.69, 9.17) is 23.2 Å². The topological polar surface area (TPSA) is 115 Å². The first kappa shape index (κ1) is 36.5. The number of nitrogens with one attached hydrogen (secondary N) is 2. The predicted molar refractivity (Wildman–Crippen MR) is 201 cm³/mol. The minimum absolute atomic E-state index is 0.0692. The zero-order valence-corrected chi connectivity index (χ0v) is 29.7. The second kappa shape index (κ2) is 16.8. The largest absolute Gasteiger partial charge is 0.348 e. The van der Waals surface area contributed by atoms with E-state index in [-0.39, 0.29) is 16.7 Å². The first-order valence-corrected chi connectivity index (χ1v) is 16.7. The summed E-state index contributed by atoms with van der Waals surface area (Å²) in [6.45, 7) is 6.46. The van der Waals surface area contributed by atoms with E-state index in [1.165, 1.54) is 15.2 Å². The number of carbonyl (C=O) groups excluding carboxylic acids is 2. The van der Waals surface area contributed by atoms with Gasteiger partial charge >= 0.3 is 0 Å². The SMILES string of the molecule is Cc1ccc(C)c(-n2cccc(C(=O)NCc3ccc(Cl)cc3)c2=O)c1.Cc1ccnc(-n2cccc(C(=O)NCc3ccc(Cl)cc3)c2=O)c1. The number of amides is 2. The van der Waals surface area contributed by atoms with E-state index < -0.39 is 17.4 Å². The predicted octanol–water partition coefficient (Wildman–Crippen LogP) is 7.16. The van der Waals surface area contributed by atoms with Gasteiger partial charge in [-0.3, -0.25) is 28.3 Å². The van der Waals surface area contributed by atoms with Crippen molar-refractivity contribution in [2.24, 2.45) is 0 Å². The van der Waals surface area contributed by atoms with Gasteiger partial charge in [0.1, 0.15) is 16.9 Å². The number of halogens is 2. The lowest BCUT2D eigenvalue weighted by Gasteiger charge is -2.12. The van der Waals surface area contributed by atoms with Gasteiger partial charge in [0, 0.05) is 41.7 Å². The van der Waals surface area contributed by atoms with Crippen LogP contribution in [-0.4, -0.2) is 25.9 Å². The van der Waals surface area contributed by atoms with Crippen LogP contribution in [0.3, 0.4) is 0 Å². The van der Waals surface area contributed by atoms with Gasteiger partial charge in [-0.25, -0.2) is 4.98 Å². The van der Waals surface area contributed by atoms with Crippen LogP contribution in [0.5, 0.6) is 0 Å². The van der Waals surface area contributed by atoms with E-state index in [9.17, 15) is 19.2 Å². The quantitative estimate of drug-likeness (QED) is 0.173. The Labute approximate surface area is 305 Å². The molecule has 0 bridgehead atoms. The third-order valence-electron chi connectivity index (χ3n) is 7.89. The van der Waals surface area contributed by atoms with Crippen LogP contribution >= 0.6 is 23.2 Å². The molecule has 0 radical (unpaired) electrons. The van der Waals surface area contributed by atoms with E-state index in [2.05, 4.69) is 15.6 Å². The van der Waals surface area contributed by atoms with E-state index in [0.29, 0.717) is 29.0 Å². The molecule has 3 aromatic heterocycles. The fraction of sp³-hybridized carbons (Fsp3) is 0.125. The van der Waals surface area contributed by atoms with Gasteiger partial charge in [-0.05, 0) is 115 Å². The normalized spacial score (nSPS) is 10.5. The molecule has 2 N–H and O–H groups in total. The van der Waals surface area contributed by atoms with Gasteiger partial charge < -0.3 is 10.6 Å². The second-order valence-corrected chi connectivity index (χ2v) is 12.7. The molecular weight excluding hydrogens is 685 g/mol. The Bertz CT molecular complexity index is 2300. The molecule has 0 aliphatic rings. The molecule has 0 aliphatic carbocycles. The van der Waals surface area contributed by atoms with Crippen LogP contribution < -0.4 is 21.8 Å². The number of rotatable bonds is 8. The lowest BCUT2D eigenvalue weighted by atomic mass is 10.1. The fourth-order valence-electron chi connectivity index (χ4n) is 5.09. The van der Waals surface area contributed by atoms with E-state index in [1.807, 2.05) is 69.3 Å². The van der Waals surface area contributed by atoms with Crippen molar-refractivity contribution in [1.82, 2.24) is 24.8 Å². The molecule has 0 unspecified atom stereocenters. The van der Waals surface area contributed by atoms with Gasteiger partial charge in [-0.2, -0.15) is 0 Å². The first-order chi connectivity index (χ1) is 24.5. The highest BCUT2D eigenvalue weighted by molar-refractivity contribution is 6.30. The van der Waals surface area contributed by atoms with Gasteiger partial charge in [0.15, 0.2) is 0 Å². The summed E-state index contributed by atoms with van der Waals surface area (Å²) in [5.41, 5.74) is 5.03. The highest BCUT2D eigenvalue weighted by Gasteiger charge is 2.15. The molecule has 3 heterocycles. The van der Waals surface area contributed by atoms with Crippen LogP contribution in [0.15, 0.2) is 131 Å². The van der Waals surface area contributed by atoms with Gasteiger partial charge in [0.25, 0.3) is 22.9 Å². The van der Waals surface area contributed by atoms with Crippen molar-refractivity contribution in [2.45, 2.75) is 33.9 Å². The van der Waals surface area contributed by atoms with E-state index in [0.717, 1.165) is 33.5 Å². The Morgan fingerprint density at radius 2 is 1.12 bits per heavy atom. The highest BCUT2D eigenvalue weighted by atomic mass is 35.5. The Morgan fingerprint density at radius 1 is 0.627 bits per heavy atom. The summed E-state index contributed by atoms with van der Waals surface area (Å²) in [4.78, 5) is 54.5. The second-order valence-electron chi connectivity index (χ2n) is 11.8. The van der Waals surface area contributed by atoms with Crippen molar-refractivity contribution < 1.29 is 9.59 Å². The van der Waals surface area contributed by atoms with Crippen LogP contribution in [0.2, 0.25) is 10.0 Å². The van der Waals surface area contributed by atoms with Crippen molar-refractivity contribution >= 4 is 35.0 Å². The third-order valence-corrected chi connectivity index (χ3v) is 8.39. The fourth-order valence-corrected chi connectivity index (χ4v) is 5.35. The molecule has 258 valence electrons. The van der Waals surface area contributed by atoms with Gasteiger partial charge in [-0.15, -0.1) is 0 Å². The van der Waals surface area contributed by atoms with Crippen LogP contribution in [0.4, 0.5) is 0 Å². The van der Waals surface area contributed by atoms with Crippen molar-refractivity contribution in [3.05, 3.63) is 191 Å². The van der Waals surface area contributed by atoms with Crippen molar-refractivity contribution in [2.75, 3.05) is 0 Å². The van der Waals surface area contributed by atoms with E-state index >= 15 is 0 Å². The maximum atomic E-state index is 12.8. The molecule has 0 spiro atoms. The maximum Gasteiger partial charge on any atom is 0.269 e. The minimum Gasteiger partial charge on any atom is -0.348 e. The van der Waals surface area contributed by atoms with Gasteiger partial charge in [-0.1, -0.05) is 59.6 Å². The Morgan fingerprint density at radius 3 is 1.65 bits per heavy atom. The molecule has 0 saturated heterocycles. The number of pyridine rings is 3. The molecule has 9 nitrogen and oxygen atoms in total. The molecule has 51 heavy (non-hydrogen) atoms. The Hall–Kier alpha value is -5.77. The summed E-state index contributed by atoms with van der Waals surface area (Å²) in [5.74, 6) is -0.344. The number of carbonyl (C=O) groups is 2. The van der Waals surface area contributed by atoms with Crippen molar-refractivity contribution in [3.8, 4) is 11.5 Å². The minimum atomic E-state index is -0.429. The molecule has 2 amide bonds. The maximum absolute atomic E-state index is 12.8. The van der Waals surface area contributed by atoms with Crippen LogP contribution in [0.25, 0.3) is 11.5 Å².